The fraction of sp³-hybridized carbons (Fsp3) is 0.158. The van der Waals surface area contributed by atoms with E-state index in [0.717, 1.165) is 5.69 Å². The van der Waals surface area contributed by atoms with Crippen molar-refractivity contribution in [2.45, 2.75) is 20.4 Å². The third-order valence-corrected chi connectivity index (χ3v) is 3.86. The van der Waals surface area contributed by atoms with E-state index < -0.39 is 0 Å². The van der Waals surface area contributed by atoms with Crippen LogP contribution in [0.25, 0.3) is 0 Å². The van der Waals surface area contributed by atoms with Gasteiger partial charge in [0.15, 0.2) is 10.9 Å². The van der Waals surface area contributed by atoms with E-state index in [-0.39, 0.29) is 5.82 Å². The van der Waals surface area contributed by atoms with Gasteiger partial charge in [-0.2, -0.15) is 5.10 Å². The van der Waals surface area contributed by atoms with Gasteiger partial charge in [-0.1, -0.05) is 24.3 Å². The van der Waals surface area contributed by atoms with E-state index in [1.807, 2.05) is 32.0 Å². The molecule has 0 saturated carbocycles. The summed E-state index contributed by atoms with van der Waals surface area (Å²) in [5.41, 5.74) is 3.85. The van der Waals surface area contributed by atoms with Crippen molar-refractivity contribution in [3.05, 3.63) is 77.2 Å². The largest absolute Gasteiger partial charge is 0.332 e. The molecule has 4 nitrogen and oxygen atoms in total. The molecule has 0 bridgehead atoms. The molecule has 2 N–H and O–H groups in total. The molecule has 6 heteroatoms. The molecule has 1 aromatic heterocycles. The first kappa shape index (κ1) is 17.1. The highest BCUT2D eigenvalue weighted by Crippen LogP contribution is 2.15. The highest BCUT2D eigenvalue weighted by atomic mass is 32.1. The summed E-state index contributed by atoms with van der Waals surface area (Å²) >= 11 is 5.33. The first-order valence-electron chi connectivity index (χ1n) is 7.93. The predicted octanol–water partition coefficient (Wildman–Crippen LogP) is 4.50. The topological polar surface area (TPSA) is 41.9 Å². The van der Waals surface area contributed by atoms with E-state index >= 15 is 0 Å². The summed E-state index contributed by atoms with van der Waals surface area (Å²) < 4.78 is 15.4. The number of anilines is 2. The van der Waals surface area contributed by atoms with E-state index in [1.165, 1.54) is 17.2 Å². The van der Waals surface area contributed by atoms with Crippen LogP contribution < -0.4 is 10.6 Å². The molecular weight excluding hydrogens is 335 g/mol. The minimum Gasteiger partial charge on any atom is -0.332 e. The molecule has 0 unspecified atom stereocenters. The smallest absolute Gasteiger partial charge is 0.176 e. The predicted molar refractivity (Wildman–Crippen MR) is 103 cm³/mol. The lowest BCUT2D eigenvalue weighted by atomic mass is 10.1. The van der Waals surface area contributed by atoms with Crippen molar-refractivity contribution in [2.24, 2.45) is 0 Å². The Balaban J connectivity index is 1.63. The van der Waals surface area contributed by atoms with Crippen LogP contribution in [0, 0.1) is 19.7 Å². The Bertz CT molecular complexity index is 884. The maximum atomic E-state index is 13.7. The molecule has 2 aromatic carbocycles. The molecule has 3 rings (SSSR count). The Morgan fingerprint density at radius 2 is 1.80 bits per heavy atom. The van der Waals surface area contributed by atoms with Gasteiger partial charge in [-0.25, -0.2) is 4.39 Å². The number of rotatable bonds is 4. The summed E-state index contributed by atoms with van der Waals surface area (Å²) in [5, 5.41) is 11.0. The van der Waals surface area contributed by atoms with Gasteiger partial charge in [-0.15, -0.1) is 0 Å². The zero-order valence-corrected chi connectivity index (χ0v) is 14.9. The van der Waals surface area contributed by atoms with E-state index in [2.05, 4.69) is 21.8 Å². The molecule has 1 heterocycles. The van der Waals surface area contributed by atoms with Crippen LogP contribution in [0.5, 0.6) is 0 Å². The Kier molecular flexibility index (Phi) is 5.09. The number of hydrogen-bond donors (Lipinski definition) is 2. The summed E-state index contributed by atoms with van der Waals surface area (Å²) in [6, 6.07) is 14.6. The molecule has 0 saturated heterocycles. The van der Waals surface area contributed by atoms with Gasteiger partial charge in [0.25, 0.3) is 0 Å². The summed E-state index contributed by atoms with van der Waals surface area (Å²) in [7, 11) is 0. The van der Waals surface area contributed by atoms with Crippen LogP contribution in [-0.4, -0.2) is 14.9 Å². The standard InChI is InChI=1S/C19H19FN4S/c1-13-9-14(2)11-16(10-13)21-19(25)22-18-7-8-24(23-18)12-15-5-3-4-6-17(15)20/h3-11H,12H2,1-2H3,(H2,21,22,23,25). The molecule has 0 radical (unpaired) electrons. The van der Waals surface area contributed by atoms with Gasteiger partial charge in [0, 0.05) is 23.5 Å². The number of halogens is 1. The zero-order valence-electron chi connectivity index (χ0n) is 14.1. The first-order chi connectivity index (χ1) is 12.0. The fourth-order valence-corrected chi connectivity index (χ4v) is 2.87. The lowest BCUT2D eigenvalue weighted by Crippen LogP contribution is -2.19. The van der Waals surface area contributed by atoms with Crippen LogP contribution in [0.4, 0.5) is 15.9 Å². The molecule has 0 fully saturated rings. The quantitative estimate of drug-likeness (QED) is 0.677. The van der Waals surface area contributed by atoms with Crippen molar-refractivity contribution in [1.82, 2.24) is 9.78 Å². The van der Waals surface area contributed by atoms with Gasteiger partial charge >= 0.3 is 0 Å². The van der Waals surface area contributed by atoms with E-state index in [4.69, 9.17) is 12.2 Å². The highest BCUT2D eigenvalue weighted by Gasteiger charge is 2.06. The fourth-order valence-electron chi connectivity index (χ4n) is 2.64. The van der Waals surface area contributed by atoms with Crippen LogP contribution in [0.2, 0.25) is 0 Å². The van der Waals surface area contributed by atoms with Crippen molar-refractivity contribution in [3.8, 4) is 0 Å². The molecule has 0 aliphatic heterocycles. The van der Waals surface area contributed by atoms with Gasteiger partial charge in [0.05, 0.1) is 6.54 Å². The van der Waals surface area contributed by atoms with Gasteiger partial charge < -0.3 is 10.6 Å². The minimum atomic E-state index is -0.237. The third kappa shape index (κ3) is 4.64. The number of hydrogen-bond acceptors (Lipinski definition) is 2. The Morgan fingerprint density at radius 1 is 1.08 bits per heavy atom. The number of benzene rings is 2. The molecule has 0 spiro atoms. The van der Waals surface area contributed by atoms with Crippen molar-refractivity contribution in [3.63, 3.8) is 0 Å². The van der Waals surface area contributed by atoms with Gasteiger partial charge in [0.2, 0.25) is 0 Å². The molecule has 0 aliphatic rings. The number of thiocarbonyl (C=S) groups is 1. The first-order valence-corrected chi connectivity index (χ1v) is 8.33. The molecule has 0 amide bonds. The van der Waals surface area contributed by atoms with Crippen LogP contribution in [0.1, 0.15) is 16.7 Å². The van der Waals surface area contributed by atoms with Gasteiger partial charge in [-0.05, 0) is 55.4 Å². The van der Waals surface area contributed by atoms with E-state index in [9.17, 15) is 4.39 Å². The molecular formula is C19H19FN4S. The molecule has 3 aromatic rings. The SMILES string of the molecule is Cc1cc(C)cc(NC(=S)Nc2ccn(Cc3ccccc3F)n2)c1. The normalized spacial score (nSPS) is 10.5. The van der Waals surface area contributed by atoms with Crippen LogP contribution in [0.15, 0.2) is 54.7 Å². The number of aromatic nitrogens is 2. The second-order valence-corrected chi connectivity index (χ2v) is 6.35. The van der Waals surface area contributed by atoms with Gasteiger partial charge in [-0.3, -0.25) is 4.68 Å². The summed E-state index contributed by atoms with van der Waals surface area (Å²) in [6.07, 6.45) is 1.79. The highest BCUT2D eigenvalue weighted by molar-refractivity contribution is 7.80. The van der Waals surface area contributed by atoms with Crippen molar-refractivity contribution >= 4 is 28.8 Å². The third-order valence-electron chi connectivity index (χ3n) is 3.65. The van der Waals surface area contributed by atoms with Crippen molar-refractivity contribution in [1.29, 1.82) is 0 Å². The van der Waals surface area contributed by atoms with Crippen LogP contribution >= 0.6 is 12.2 Å². The molecule has 0 atom stereocenters. The zero-order chi connectivity index (χ0) is 17.8. The maximum absolute atomic E-state index is 13.7. The van der Waals surface area contributed by atoms with E-state index in [1.54, 1.807) is 29.1 Å². The molecule has 128 valence electrons. The van der Waals surface area contributed by atoms with Crippen molar-refractivity contribution in [2.75, 3.05) is 10.6 Å². The maximum Gasteiger partial charge on any atom is 0.176 e. The molecule has 0 aliphatic carbocycles. The summed E-state index contributed by atoms with van der Waals surface area (Å²) in [6.45, 7) is 4.45. The number of nitrogens with one attached hydrogen (secondary N) is 2. The van der Waals surface area contributed by atoms with Crippen LogP contribution in [0.3, 0.4) is 0 Å². The van der Waals surface area contributed by atoms with E-state index in [0.29, 0.717) is 23.0 Å². The number of aryl methyl sites for hydroxylation is 2. The molecule has 25 heavy (non-hydrogen) atoms. The monoisotopic (exact) mass is 354 g/mol. The van der Waals surface area contributed by atoms with Gasteiger partial charge in [0.1, 0.15) is 5.82 Å². The summed E-state index contributed by atoms with van der Waals surface area (Å²) in [4.78, 5) is 0. The average Bonchev–Trinajstić information content (AvgIpc) is 2.95. The summed E-state index contributed by atoms with van der Waals surface area (Å²) in [5.74, 6) is 0.373. The number of nitrogens with zero attached hydrogens (tertiary/aromatic N) is 2. The Morgan fingerprint density at radius 3 is 2.52 bits per heavy atom. The Hall–Kier alpha value is -2.73. The Labute approximate surface area is 151 Å². The van der Waals surface area contributed by atoms with Crippen molar-refractivity contribution < 1.29 is 4.39 Å². The lowest BCUT2D eigenvalue weighted by Gasteiger charge is -2.10. The lowest BCUT2D eigenvalue weighted by molar-refractivity contribution is 0.586. The average molecular weight is 354 g/mol. The second kappa shape index (κ2) is 7.44. The minimum absolute atomic E-state index is 0.237. The second-order valence-electron chi connectivity index (χ2n) is 5.95. The van der Waals surface area contributed by atoms with Crippen LogP contribution in [-0.2, 0) is 6.54 Å².